The van der Waals surface area contributed by atoms with Crippen LogP contribution >= 0.6 is 0 Å². The van der Waals surface area contributed by atoms with Crippen molar-refractivity contribution in [3.8, 4) is 17.2 Å². The maximum absolute atomic E-state index is 12.0. The number of nitrogens with one attached hydrogen (secondary N) is 2. The maximum atomic E-state index is 12.0. The minimum atomic E-state index is -0.532. The van der Waals surface area contributed by atoms with Crippen LogP contribution < -0.4 is 30.6 Å². The molecule has 0 aliphatic heterocycles. The molecule has 0 unspecified atom stereocenters. The van der Waals surface area contributed by atoms with Gasteiger partial charge in [0.05, 0.1) is 21.3 Å². The van der Waals surface area contributed by atoms with E-state index in [0.29, 0.717) is 35.9 Å². The Bertz CT molecular complexity index is 538. The van der Waals surface area contributed by atoms with E-state index in [9.17, 15) is 9.59 Å². The summed E-state index contributed by atoms with van der Waals surface area (Å²) >= 11 is 0. The van der Waals surface area contributed by atoms with Crippen molar-refractivity contribution in [3.63, 3.8) is 0 Å². The minimum absolute atomic E-state index is 0.105. The Kier molecular flexibility index (Phi) is 8.24. The molecule has 0 heterocycles. The van der Waals surface area contributed by atoms with E-state index >= 15 is 0 Å². The fourth-order valence-corrected chi connectivity index (χ4v) is 2.18. The first-order valence-corrected chi connectivity index (χ1v) is 7.65. The third-order valence-electron chi connectivity index (χ3n) is 3.33. The number of hydrogen-bond acceptors (Lipinski definition) is 5. The van der Waals surface area contributed by atoms with Crippen molar-refractivity contribution in [2.24, 2.45) is 5.73 Å². The van der Waals surface area contributed by atoms with Crippen LogP contribution in [0.25, 0.3) is 0 Å². The van der Waals surface area contributed by atoms with Crippen molar-refractivity contribution in [2.75, 3.05) is 33.2 Å². The Balaban J connectivity index is 2.50. The highest BCUT2D eigenvalue weighted by Gasteiger charge is 2.14. The predicted octanol–water partition coefficient (Wildman–Crippen LogP) is 1.88. The summed E-state index contributed by atoms with van der Waals surface area (Å²) in [5.41, 5.74) is 5.54. The lowest BCUT2D eigenvalue weighted by molar-refractivity contribution is -0.116. The van der Waals surface area contributed by atoms with Gasteiger partial charge in [-0.2, -0.15) is 0 Å². The number of carbonyl (C=O) groups excluding carboxylic acids is 2. The largest absolute Gasteiger partial charge is 0.493 e. The Hall–Kier alpha value is -2.64. The number of primary amides is 1. The summed E-state index contributed by atoms with van der Waals surface area (Å²) in [5, 5.41) is 5.32. The summed E-state index contributed by atoms with van der Waals surface area (Å²) in [6.07, 6.45) is 2.70. The van der Waals surface area contributed by atoms with E-state index in [1.807, 2.05) is 0 Å². The van der Waals surface area contributed by atoms with E-state index in [1.54, 1.807) is 12.1 Å². The lowest BCUT2D eigenvalue weighted by atomic mass is 10.2. The maximum Gasteiger partial charge on any atom is 0.312 e. The molecule has 4 N–H and O–H groups in total. The van der Waals surface area contributed by atoms with Crippen molar-refractivity contribution in [3.05, 3.63) is 12.1 Å². The van der Waals surface area contributed by atoms with Crippen molar-refractivity contribution >= 4 is 17.6 Å². The molecule has 0 radical (unpaired) electrons. The molecule has 1 aromatic rings. The zero-order valence-corrected chi connectivity index (χ0v) is 14.3. The third kappa shape index (κ3) is 6.23. The molecule has 0 spiro atoms. The molecule has 8 nitrogen and oxygen atoms in total. The molecule has 0 saturated heterocycles. The first-order chi connectivity index (χ1) is 11.5. The van der Waals surface area contributed by atoms with Gasteiger partial charge in [-0.3, -0.25) is 4.79 Å². The van der Waals surface area contributed by atoms with Gasteiger partial charge in [-0.05, 0) is 12.8 Å². The zero-order chi connectivity index (χ0) is 17.9. The molecule has 0 aromatic heterocycles. The molecule has 3 amide bonds. The molecule has 1 aromatic carbocycles. The van der Waals surface area contributed by atoms with Gasteiger partial charge < -0.3 is 30.6 Å². The smallest absolute Gasteiger partial charge is 0.312 e. The third-order valence-corrected chi connectivity index (χ3v) is 3.33. The summed E-state index contributed by atoms with van der Waals surface area (Å²) in [4.78, 5) is 22.5. The molecular formula is C16H25N3O5. The number of benzene rings is 1. The number of carbonyl (C=O) groups is 2. The molecule has 0 aliphatic carbocycles. The van der Waals surface area contributed by atoms with Crippen LogP contribution in [0.15, 0.2) is 12.1 Å². The van der Waals surface area contributed by atoms with E-state index in [2.05, 4.69) is 10.6 Å². The van der Waals surface area contributed by atoms with Gasteiger partial charge in [0.1, 0.15) is 0 Å². The first-order valence-electron chi connectivity index (χ1n) is 7.65. The van der Waals surface area contributed by atoms with Crippen LogP contribution in [0.4, 0.5) is 10.5 Å². The number of anilines is 1. The lowest BCUT2D eigenvalue weighted by Crippen LogP contribution is -2.29. The Morgan fingerprint density at radius 3 is 2.12 bits per heavy atom. The van der Waals surface area contributed by atoms with E-state index < -0.39 is 6.03 Å². The molecule has 0 bridgehead atoms. The fourth-order valence-electron chi connectivity index (χ4n) is 2.18. The van der Waals surface area contributed by atoms with Gasteiger partial charge in [-0.15, -0.1) is 0 Å². The molecule has 0 fully saturated rings. The normalized spacial score (nSPS) is 9.96. The average molecular weight is 339 g/mol. The van der Waals surface area contributed by atoms with E-state index in [4.69, 9.17) is 19.9 Å². The van der Waals surface area contributed by atoms with E-state index in [1.165, 1.54) is 21.3 Å². The molecule has 0 saturated carbocycles. The Morgan fingerprint density at radius 2 is 1.62 bits per heavy atom. The van der Waals surface area contributed by atoms with Crippen molar-refractivity contribution in [1.82, 2.24) is 5.32 Å². The highest BCUT2D eigenvalue weighted by Crippen LogP contribution is 2.39. The van der Waals surface area contributed by atoms with Gasteiger partial charge in [0.15, 0.2) is 11.5 Å². The van der Waals surface area contributed by atoms with Crippen LogP contribution in [0.1, 0.15) is 25.7 Å². The van der Waals surface area contributed by atoms with Gasteiger partial charge in [-0.25, -0.2) is 4.79 Å². The second kappa shape index (κ2) is 10.2. The second-order valence-corrected chi connectivity index (χ2v) is 5.06. The predicted molar refractivity (Wildman–Crippen MR) is 90.8 cm³/mol. The zero-order valence-electron chi connectivity index (χ0n) is 14.3. The van der Waals surface area contributed by atoms with Crippen molar-refractivity contribution in [2.45, 2.75) is 25.7 Å². The average Bonchev–Trinajstić information content (AvgIpc) is 2.56. The second-order valence-electron chi connectivity index (χ2n) is 5.06. The summed E-state index contributed by atoms with van der Waals surface area (Å²) in [6, 6.07) is 2.82. The SMILES string of the molecule is COc1cc(NC(=O)CCCCCNC(N)=O)cc(OC)c1OC. The number of rotatable bonds is 10. The van der Waals surface area contributed by atoms with Crippen LogP contribution in [0.3, 0.4) is 0 Å². The Labute approximate surface area is 141 Å². The van der Waals surface area contributed by atoms with Crippen LogP contribution in [0.5, 0.6) is 17.2 Å². The number of hydrogen-bond donors (Lipinski definition) is 3. The summed E-state index contributed by atoms with van der Waals surface area (Å²) in [7, 11) is 4.55. The Morgan fingerprint density at radius 1 is 1.00 bits per heavy atom. The van der Waals surface area contributed by atoms with Gasteiger partial charge in [0, 0.05) is 30.8 Å². The fraction of sp³-hybridized carbons (Fsp3) is 0.500. The topological polar surface area (TPSA) is 112 Å². The summed E-state index contributed by atoms with van der Waals surface area (Å²) < 4.78 is 15.7. The number of urea groups is 1. The molecule has 1 rings (SSSR count). The molecular weight excluding hydrogens is 314 g/mol. The molecule has 24 heavy (non-hydrogen) atoms. The lowest BCUT2D eigenvalue weighted by Gasteiger charge is -2.14. The van der Waals surface area contributed by atoms with E-state index in [0.717, 1.165) is 19.3 Å². The minimum Gasteiger partial charge on any atom is -0.493 e. The summed E-state index contributed by atoms with van der Waals surface area (Å²) in [5.74, 6) is 1.32. The molecule has 134 valence electrons. The van der Waals surface area contributed by atoms with Crippen molar-refractivity contribution in [1.29, 1.82) is 0 Å². The molecule has 8 heteroatoms. The number of amides is 3. The van der Waals surface area contributed by atoms with Crippen LogP contribution in [0.2, 0.25) is 0 Å². The monoisotopic (exact) mass is 339 g/mol. The first kappa shape index (κ1) is 19.4. The van der Waals surface area contributed by atoms with Gasteiger partial charge >= 0.3 is 6.03 Å². The van der Waals surface area contributed by atoms with Crippen LogP contribution in [-0.2, 0) is 4.79 Å². The molecule has 0 atom stereocenters. The van der Waals surface area contributed by atoms with Crippen LogP contribution in [-0.4, -0.2) is 39.8 Å². The van der Waals surface area contributed by atoms with E-state index in [-0.39, 0.29) is 5.91 Å². The summed E-state index contributed by atoms with van der Waals surface area (Å²) in [6.45, 7) is 0.518. The highest BCUT2D eigenvalue weighted by molar-refractivity contribution is 5.91. The van der Waals surface area contributed by atoms with Gasteiger partial charge in [0.25, 0.3) is 0 Å². The van der Waals surface area contributed by atoms with Crippen molar-refractivity contribution < 1.29 is 23.8 Å². The molecule has 0 aliphatic rings. The standard InChI is InChI=1S/C16H25N3O5/c1-22-12-9-11(10-13(23-2)15(12)24-3)19-14(20)7-5-4-6-8-18-16(17)21/h9-10H,4-8H2,1-3H3,(H,19,20)(H3,17,18,21). The number of ether oxygens (including phenoxy) is 3. The number of methoxy groups -OCH3 is 3. The number of unbranched alkanes of at least 4 members (excludes halogenated alkanes) is 2. The van der Waals surface area contributed by atoms with Crippen LogP contribution in [0, 0.1) is 0 Å². The quantitative estimate of drug-likeness (QED) is 0.564. The number of nitrogens with two attached hydrogens (primary N) is 1. The van der Waals surface area contributed by atoms with Gasteiger partial charge in [-0.1, -0.05) is 6.42 Å². The van der Waals surface area contributed by atoms with Gasteiger partial charge in [0.2, 0.25) is 11.7 Å². The highest BCUT2D eigenvalue weighted by atomic mass is 16.5.